The molecule has 2 aliphatic heterocycles. The first-order valence-electron chi connectivity index (χ1n) is 10.9. The molecule has 2 aliphatic rings. The number of carbonyl (C=O) groups excluding carboxylic acids is 2. The van der Waals surface area contributed by atoms with Gasteiger partial charge in [-0.2, -0.15) is 0 Å². The number of aromatic amines is 1. The van der Waals surface area contributed by atoms with Gasteiger partial charge in [0, 0.05) is 16.9 Å². The van der Waals surface area contributed by atoms with Crippen molar-refractivity contribution in [3.05, 3.63) is 88.2 Å². The maximum absolute atomic E-state index is 14.5. The lowest BCUT2D eigenvalue weighted by atomic mass is 9.68. The van der Waals surface area contributed by atoms with Gasteiger partial charge in [0.2, 0.25) is 17.7 Å². The summed E-state index contributed by atoms with van der Waals surface area (Å²) < 4.78 is 24.3. The number of anilines is 1. The Morgan fingerprint density at radius 1 is 1.24 bits per heavy atom. The number of amides is 1. The molecule has 0 aliphatic carbocycles. The van der Waals surface area contributed by atoms with Gasteiger partial charge >= 0.3 is 5.97 Å². The van der Waals surface area contributed by atoms with Gasteiger partial charge in [0.25, 0.3) is 0 Å². The molecule has 0 saturated carbocycles. The summed E-state index contributed by atoms with van der Waals surface area (Å²) in [5, 5.41) is 7.23. The smallest absolute Gasteiger partial charge is 0.340 e. The van der Waals surface area contributed by atoms with Crippen molar-refractivity contribution in [1.82, 2.24) is 10.2 Å². The number of fused-ring (bicyclic) bond motifs is 4. The summed E-state index contributed by atoms with van der Waals surface area (Å²) in [6.45, 7) is 2.17. The van der Waals surface area contributed by atoms with E-state index in [2.05, 4.69) is 10.2 Å². The lowest BCUT2D eigenvalue weighted by Crippen LogP contribution is -2.48. The number of nitrogens with one attached hydrogen (secondary N) is 1. The molecule has 8 nitrogen and oxygen atoms in total. The van der Waals surface area contributed by atoms with Crippen LogP contribution in [0.1, 0.15) is 35.7 Å². The summed E-state index contributed by atoms with van der Waals surface area (Å²) in [7, 11) is 1.23. The third kappa shape index (κ3) is 2.93. The number of nitrogens with zero attached hydrogens (tertiary/aromatic N) is 2. The zero-order valence-corrected chi connectivity index (χ0v) is 18.7. The average Bonchev–Trinajstić information content (AvgIpc) is 3.34. The molecule has 0 radical (unpaired) electrons. The molecule has 1 spiro atoms. The molecule has 3 aromatic rings. The van der Waals surface area contributed by atoms with E-state index in [1.54, 1.807) is 29.2 Å². The summed E-state index contributed by atoms with van der Waals surface area (Å²) in [5.74, 6) is -1.60. The highest BCUT2D eigenvalue weighted by atomic mass is 19.1. The first-order valence-corrected chi connectivity index (χ1v) is 10.9. The zero-order chi connectivity index (χ0) is 24.0. The van der Waals surface area contributed by atoms with E-state index in [9.17, 15) is 14.0 Å². The van der Waals surface area contributed by atoms with Crippen molar-refractivity contribution in [2.45, 2.75) is 31.7 Å². The molecular weight excluding hydrogens is 439 g/mol. The van der Waals surface area contributed by atoms with E-state index < -0.39 is 11.4 Å². The van der Waals surface area contributed by atoms with Gasteiger partial charge < -0.3 is 20.1 Å². The number of hydrogen-bond donors (Lipinski definition) is 2. The number of ether oxygens (including phenoxy) is 2. The molecule has 3 N–H and O–H groups in total. The van der Waals surface area contributed by atoms with E-state index in [0.29, 0.717) is 28.9 Å². The minimum atomic E-state index is -1.60. The number of benzene rings is 2. The molecule has 5 rings (SSSR count). The molecule has 34 heavy (non-hydrogen) atoms. The predicted octanol–water partition coefficient (Wildman–Crippen LogP) is 3.07. The highest BCUT2D eigenvalue weighted by Crippen LogP contribution is 2.56. The maximum atomic E-state index is 14.5. The second kappa shape index (κ2) is 8.02. The van der Waals surface area contributed by atoms with Gasteiger partial charge in [0.1, 0.15) is 16.8 Å². The minimum Gasteiger partial charge on any atom is -0.465 e. The average molecular weight is 462 g/mol. The highest BCUT2D eigenvalue weighted by molar-refractivity contribution is 6.18. The molecular formula is C25H23FN4O4. The van der Waals surface area contributed by atoms with Crippen molar-refractivity contribution >= 4 is 17.6 Å². The van der Waals surface area contributed by atoms with Crippen molar-refractivity contribution in [1.29, 1.82) is 0 Å². The van der Waals surface area contributed by atoms with Crippen LogP contribution in [0, 0.1) is 5.82 Å². The van der Waals surface area contributed by atoms with Crippen molar-refractivity contribution in [3.63, 3.8) is 0 Å². The Labute approximate surface area is 195 Å². The van der Waals surface area contributed by atoms with Crippen molar-refractivity contribution in [2.75, 3.05) is 12.0 Å². The lowest BCUT2D eigenvalue weighted by molar-refractivity contribution is -0.138. The van der Waals surface area contributed by atoms with Crippen LogP contribution in [-0.2, 0) is 32.7 Å². The number of aromatic nitrogens is 2. The van der Waals surface area contributed by atoms with Crippen LogP contribution in [0.15, 0.2) is 60.0 Å². The fourth-order valence-electron chi connectivity index (χ4n) is 4.94. The van der Waals surface area contributed by atoms with E-state index >= 15 is 0 Å². The molecule has 0 saturated heterocycles. The number of hydrogen-bond acceptors (Lipinski definition) is 6. The summed E-state index contributed by atoms with van der Waals surface area (Å²) >= 11 is 0. The number of halogens is 1. The summed E-state index contributed by atoms with van der Waals surface area (Å²) in [5.41, 5.74) is 7.61. The largest absolute Gasteiger partial charge is 0.465 e. The van der Waals surface area contributed by atoms with E-state index in [1.807, 2.05) is 19.1 Å². The summed E-state index contributed by atoms with van der Waals surface area (Å²) in [6.07, 6.45) is 1.35. The predicted molar refractivity (Wildman–Crippen MR) is 121 cm³/mol. The van der Waals surface area contributed by atoms with E-state index in [1.165, 1.54) is 19.2 Å². The molecule has 3 heterocycles. The van der Waals surface area contributed by atoms with Crippen LogP contribution >= 0.6 is 0 Å². The van der Waals surface area contributed by atoms with Gasteiger partial charge in [-0.1, -0.05) is 43.7 Å². The second-order valence-electron chi connectivity index (χ2n) is 8.25. The van der Waals surface area contributed by atoms with Crippen LogP contribution in [-0.4, -0.2) is 29.2 Å². The Kier molecular flexibility index (Phi) is 5.11. The molecule has 0 unspecified atom stereocenters. The number of carbonyl (C=O) groups is 2. The van der Waals surface area contributed by atoms with Gasteiger partial charge in [0.05, 0.1) is 19.2 Å². The third-order valence-electron chi connectivity index (χ3n) is 6.32. The van der Waals surface area contributed by atoms with Crippen LogP contribution in [0.25, 0.3) is 0 Å². The van der Waals surface area contributed by atoms with Gasteiger partial charge in [0.15, 0.2) is 0 Å². The van der Waals surface area contributed by atoms with Crippen LogP contribution in [0.4, 0.5) is 10.1 Å². The molecule has 9 heteroatoms. The number of nitrogens with two attached hydrogens (primary N) is 1. The van der Waals surface area contributed by atoms with Gasteiger partial charge in [-0.3, -0.25) is 9.89 Å². The number of esters is 1. The number of rotatable bonds is 5. The molecule has 174 valence electrons. The monoisotopic (exact) mass is 462 g/mol. The maximum Gasteiger partial charge on any atom is 0.340 e. The standard InChI is InChI=1S/C25H23FN4O4/c1-3-6-17-19-22(29-28-17)34-21(27)20(23(31)33-2)25(19)16-7-4-5-8-18(16)30(24(25)32)13-14-9-11-15(26)12-10-14/h4-5,7-12H,3,6,13,27H2,1-2H3,(H,28,29)/t25-/m1/s1. The van der Waals surface area contributed by atoms with Crippen LogP contribution in [0.2, 0.25) is 0 Å². The summed E-state index contributed by atoms with van der Waals surface area (Å²) in [6, 6.07) is 13.2. The van der Waals surface area contributed by atoms with Crippen LogP contribution < -0.4 is 15.4 Å². The number of para-hydroxylation sites is 1. The Morgan fingerprint density at radius 3 is 2.68 bits per heavy atom. The first kappa shape index (κ1) is 21.7. The normalized spacial score (nSPS) is 18.7. The fraction of sp³-hybridized carbons (Fsp3) is 0.240. The minimum absolute atomic E-state index is 0.0830. The third-order valence-corrected chi connectivity index (χ3v) is 6.32. The number of methoxy groups -OCH3 is 1. The molecule has 2 aromatic carbocycles. The molecule has 1 aromatic heterocycles. The molecule has 1 atom stereocenters. The molecule has 1 amide bonds. The van der Waals surface area contributed by atoms with Crippen molar-refractivity contribution in [2.24, 2.45) is 5.73 Å². The van der Waals surface area contributed by atoms with Gasteiger partial charge in [-0.15, -0.1) is 5.10 Å². The zero-order valence-electron chi connectivity index (χ0n) is 18.7. The number of H-pyrrole nitrogens is 1. The van der Waals surface area contributed by atoms with Gasteiger partial charge in [-0.05, 0) is 30.2 Å². The van der Waals surface area contributed by atoms with E-state index in [-0.39, 0.29) is 35.6 Å². The second-order valence-corrected chi connectivity index (χ2v) is 8.25. The topological polar surface area (TPSA) is 111 Å². The van der Waals surface area contributed by atoms with E-state index in [4.69, 9.17) is 15.2 Å². The van der Waals surface area contributed by atoms with E-state index in [0.717, 1.165) is 12.0 Å². The Morgan fingerprint density at radius 2 is 1.97 bits per heavy atom. The lowest BCUT2D eigenvalue weighted by Gasteiger charge is -2.34. The number of aryl methyl sites for hydroxylation is 1. The first-order chi connectivity index (χ1) is 16.4. The molecule has 0 bridgehead atoms. The van der Waals surface area contributed by atoms with Gasteiger partial charge in [-0.25, -0.2) is 9.18 Å². The molecule has 0 fully saturated rings. The van der Waals surface area contributed by atoms with Crippen molar-refractivity contribution < 1.29 is 23.5 Å². The fourth-order valence-corrected chi connectivity index (χ4v) is 4.94. The Hall–Kier alpha value is -4.14. The Balaban J connectivity index is 1.79. The SMILES string of the molecule is CCCc1[nH]nc2c1[C@@]1(C(=O)N(Cc3ccc(F)cc3)c3ccccc31)C(C(=O)OC)=C(N)O2. The Bertz CT molecular complexity index is 1330. The van der Waals surface area contributed by atoms with Crippen molar-refractivity contribution in [3.8, 4) is 5.88 Å². The quantitative estimate of drug-likeness (QED) is 0.564. The highest BCUT2D eigenvalue weighted by Gasteiger charge is 2.62. The van der Waals surface area contributed by atoms with Crippen LogP contribution in [0.5, 0.6) is 5.88 Å². The van der Waals surface area contributed by atoms with Crippen LogP contribution in [0.3, 0.4) is 0 Å². The summed E-state index contributed by atoms with van der Waals surface area (Å²) in [4.78, 5) is 29.2.